The van der Waals surface area contributed by atoms with Crippen LogP contribution in [-0.2, 0) is 6.54 Å². The molecule has 0 aliphatic carbocycles. The third kappa shape index (κ3) is 2.60. The molecule has 2 N–H and O–H groups in total. The van der Waals surface area contributed by atoms with Crippen LogP contribution in [0.1, 0.15) is 10.7 Å². The van der Waals surface area contributed by atoms with Crippen LogP contribution >= 0.6 is 11.3 Å². The molecule has 0 fully saturated rings. The van der Waals surface area contributed by atoms with Gasteiger partial charge in [-0.25, -0.2) is 4.98 Å². The van der Waals surface area contributed by atoms with Gasteiger partial charge in [0.05, 0.1) is 12.8 Å². The Morgan fingerprint density at radius 3 is 2.76 bits per heavy atom. The van der Waals surface area contributed by atoms with E-state index in [9.17, 15) is 0 Å². The first kappa shape index (κ1) is 13.6. The average Bonchev–Trinajstić information content (AvgIpc) is 3.13. The summed E-state index contributed by atoms with van der Waals surface area (Å²) in [5, 5.41) is 12.6. The molecule has 8 nitrogen and oxygen atoms in total. The molecule has 0 aliphatic rings. The summed E-state index contributed by atoms with van der Waals surface area (Å²) in [6.07, 6.45) is 0. The van der Waals surface area contributed by atoms with E-state index in [2.05, 4.69) is 25.3 Å². The van der Waals surface area contributed by atoms with Crippen molar-refractivity contribution in [1.29, 1.82) is 0 Å². The molecule has 3 aromatic rings. The molecule has 0 amide bonds. The van der Waals surface area contributed by atoms with Gasteiger partial charge in [0.15, 0.2) is 0 Å². The van der Waals surface area contributed by atoms with Gasteiger partial charge in [-0.3, -0.25) is 0 Å². The minimum Gasteiger partial charge on any atom is -0.480 e. The molecule has 3 heterocycles. The molecule has 0 radical (unpaired) electrons. The van der Waals surface area contributed by atoms with E-state index in [0.29, 0.717) is 29.8 Å². The van der Waals surface area contributed by atoms with E-state index in [0.717, 1.165) is 15.6 Å². The van der Waals surface area contributed by atoms with Crippen LogP contribution in [0.5, 0.6) is 5.88 Å². The lowest BCUT2D eigenvalue weighted by atomic mass is 10.3. The number of rotatable bonds is 4. The Bertz CT molecular complexity index is 751. The number of hydrogen-bond donors (Lipinski definition) is 1. The molecule has 3 aromatic heterocycles. The Labute approximate surface area is 124 Å². The van der Waals surface area contributed by atoms with E-state index in [1.54, 1.807) is 12.1 Å². The number of aryl methyl sites for hydroxylation is 1. The van der Waals surface area contributed by atoms with Crippen LogP contribution in [0.4, 0.5) is 0 Å². The molecule has 9 heteroatoms. The molecule has 0 unspecified atom stereocenters. The summed E-state index contributed by atoms with van der Waals surface area (Å²) in [5.41, 5.74) is 6.91. The lowest BCUT2D eigenvalue weighted by molar-refractivity contribution is 0.392. The number of ether oxygens (including phenoxy) is 1. The fourth-order valence-electron chi connectivity index (χ4n) is 1.71. The molecular weight excluding hydrogens is 292 g/mol. The van der Waals surface area contributed by atoms with Gasteiger partial charge in [-0.05, 0) is 13.0 Å². The van der Waals surface area contributed by atoms with E-state index in [1.807, 2.05) is 6.92 Å². The topological polar surface area (TPSA) is 113 Å². The van der Waals surface area contributed by atoms with Gasteiger partial charge in [0.1, 0.15) is 15.6 Å². The van der Waals surface area contributed by atoms with Crippen molar-refractivity contribution >= 4 is 11.3 Å². The lowest BCUT2D eigenvalue weighted by Gasteiger charge is -1.96. The van der Waals surface area contributed by atoms with E-state index in [-0.39, 0.29) is 0 Å². The van der Waals surface area contributed by atoms with Gasteiger partial charge in [0.25, 0.3) is 5.89 Å². The zero-order valence-electron chi connectivity index (χ0n) is 11.4. The zero-order valence-corrected chi connectivity index (χ0v) is 12.2. The van der Waals surface area contributed by atoms with Crippen molar-refractivity contribution in [2.75, 3.05) is 7.11 Å². The molecule has 3 rings (SSSR count). The molecule has 108 valence electrons. The first-order valence-electron chi connectivity index (χ1n) is 6.10. The molecule has 0 saturated carbocycles. The Morgan fingerprint density at radius 2 is 2.14 bits per heavy atom. The van der Waals surface area contributed by atoms with Gasteiger partial charge in [-0.2, -0.15) is 4.98 Å². The minimum atomic E-state index is 0.363. The second kappa shape index (κ2) is 5.54. The first-order valence-corrected chi connectivity index (χ1v) is 6.91. The third-order valence-electron chi connectivity index (χ3n) is 2.71. The predicted octanol–water partition coefficient (Wildman–Crippen LogP) is 1.43. The number of nitrogens with two attached hydrogens (primary N) is 1. The minimum absolute atomic E-state index is 0.363. The monoisotopic (exact) mass is 304 g/mol. The van der Waals surface area contributed by atoms with Crippen molar-refractivity contribution in [2.24, 2.45) is 5.73 Å². The second-order valence-electron chi connectivity index (χ2n) is 4.11. The molecule has 21 heavy (non-hydrogen) atoms. The van der Waals surface area contributed by atoms with Crippen LogP contribution in [0.2, 0.25) is 0 Å². The fourth-order valence-corrected chi connectivity index (χ4v) is 2.57. The third-order valence-corrected chi connectivity index (χ3v) is 3.88. The Morgan fingerprint density at radius 1 is 1.29 bits per heavy atom. The van der Waals surface area contributed by atoms with Crippen LogP contribution in [0.25, 0.3) is 22.3 Å². The fraction of sp³-hybridized carbons (Fsp3) is 0.250. The molecular formula is C12H12N6O2S. The molecule has 0 aliphatic heterocycles. The molecule has 0 bridgehead atoms. The maximum absolute atomic E-state index is 5.58. The number of aromatic nitrogens is 5. The van der Waals surface area contributed by atoms with Crippen LogP contribution < -0.4 is 10.5 Å². The summed E-state index contributed by atoms with van der Waals surface area (Å²) in [7, 11) is 1.53. The summed E-state index contributed by atoms with van der Waals surface area (Å²) in [6.45, 7) is 2.26. The van der Waals surface area contributed by atoms with Gasteiger partial charge < -0.3 is 15.0 Å². The highest BCUT2D eigenvalue weighted by molar-refractivity contribution is 7.15. The normalized spacial score (nSPS) is 10.8. The maximum Gasteiger partial charge on any atom is 0.270 e. The standard InChI is InChI=1S/C12H12N6O2S/c1-6-10(21-9(5-13)14-6)12-15-11(18-20-12)7-3-4-8(19-2)17-16-7/h3-4H,5,13H2,1-2H3. The zero-order chi connectivity index (χ0) is 14.8. The molecule has 0 saturated heterocycles. The van der Waals surface area contributed by atoms with Gasteiger partial charge in [-0.1, -0.05) is 5.16 Å². The lowest BCUT2D eigenvalue weighted by Crippen LogP contribution is -1.94. The highest BCUT2D eigenvalue weighted by Gasteiger charge is 2.17. The molecule has 0 atom stereocenters. The Balaban J connectivity index is 1.93. The van der Waals surface area contributed by atoms with Crippen LogP contribution in [0, 0.1) is 6.92 Å². The number of thiazole rings is 1. The summed E-state index contributed by atoms with van der Waals surface area (Å²) in [4.78, 5) is 9.47. The maximum atomic E-state index is 5.58. The van der Waals surface area contributed by atoms with E-state index >= 15 is 0 Å². The largest absolute Gasteiger partial charge is 0.480 e. The van der Waals surface area contributed by atoms with Crippen LogP contribution in [-0.4, -0.2) is 32.4 Å². The quantitative estimate of drug-likeness (QED) is 0.770. The summed E-state index contributed by atoms with van der Waals surface area (Å²) < 4.78 is 10.2. The SMILES string of the molecule is COc1ccc(-c2noc(-c3sc(CN)nc3C)n2)nn1. The van der Waals surface area contributed by atoms with Crippen molar-refractivity contribution in [2.45, 2.75) is 13.5 Å². The average molecular weight is 304 g/mol. The van der Waals surface area contributed by atoms with Gasteiger partial charge in [0, 0.05) is 12.6 Å². The van der Waals surface area contributed by atoms with Gasteiger partial charge >= 0.3 is 0 Å². The smallest absolute Gasteiger partial charge is 0.270 e. The van der Waals surface area contributed by atoms with Crippen molar-refractivity contribution in [3.05, 3.63) is 22.8 Å². The number of nitrogens with zero attached hydrogens (tertiary/aromatic N) is 5. The van der Waals surface area contributed by atoms with Crippen LogP contribution in [0.15, 0.2) is 16.7 Å². The second-order valence-corrected chi connectivity index (χ2v) is 5.19. The highest BCUT2D eigenvalue weighted by Crippen LogP contribution is 2.29. The van der Waals surface area contributed by atoms with E-state index < -0.39 is 0 Å². The Kier molecular flexibility index (Phi) is 3.59. The molecule has 0 aromatic carbocycles. The summed E-state index contributed by atoms with van der Waals surface area (Å²) >= 11 is 1.44. The van der Waals surface area contributed by atoms with Crippen molar-refractivity contribution in [3.63, 3.8) is 0 Å². The predicted molar refractivity (Wildman–Crippen MR) is 75.6 cm³/mol. The van der Waals surface area contributed by atoms with Crippen molar-refractivity contribution in [3.8, 4) is 28.2 Å². The van der Waals surface area contributed by atoms with Crippen LogP contribution in [0.3, 0.4) is 0 Å². The number of methoxy groups -OCH3 is 1. The first-order chi connectivity index (χ1) is 10.2. The number of hydrogen-bond acceptors (Lipinski definition) is 9. The summed E-state index contributed by atoms with van der Waals surface area (Å²) in [5.74, 6) is 1.19. The van der Waals surface area contributed by atoms with Gasteiger partial charge in [0.2, 0.25) is 11.7 Å². The van der Waals surface area contributed by atoms with Gasteiger partial charge in [-0.15, -0.1) is 21.5 Å². The molecule has 0 spiro atoms. The van der Waals surface area contributed by atoms with E-state index in [1.165, 1.54) is 18.4 Å². The Hall–Kier alpha value is -2.39. The van der Waals surface area contributed by atoms with Crippen molar-refractivity contribution < 1.29 is 9.26 Å². The van der Waals surface area contributed by atoms with Crippen molar-refractivity contribution in [1.82, 2.24) is 25.3 Å². The highest BCUT2D eigenvalue weighted by atomic mass is 32.1. The summed E-state index contributed by atoms with van der Waals surface area (Å²) in [6, 6.07) is 3.40. The van der Waals surface area contributed by atoms with E-state index in [4.69, 9.17) is 15.0 Å².